The van der Waals surface area contributed by atoms with E-state index < -0.39 is 0 Å². The van der Waals surface area contributed by atoms with Crippen LogP contribution in [0.3, 0.4) is 0 Å². The molecular formula is C29H32N6O2. The normalized spacial score (nSPS) is 16.9. The minimum absolute atomic E-state index is 0.0101. The van der Waals surface area contributed by atoms with Gasteiger partial charge < -0.3 is 20.1 Å². The van der Waals surface area contributed by atoms with E-state index in [0.29, 0.717) is 41.9 Å². The van der Waals surface area contributed by atoms with Crippen LogP contribution in [0.2, 0.25) is 0 Å². The third-order valence-electron chi connectivity index (χ3n) is 7.59. The minimum atomic E-state index is -0.262. The van der Waals surface area contributed by atoms with Crippen molar-refractivity contribution in [3.63, 3.8) is 0 Å². The number of rotatable bonds is 5. The number of carbonyl (C=O) groups excluding carboxylic acids is 2. The summed E-state index contributed by atoms with van der Waals surface area (Å²) in [5.74, 6) is 0.773. The average Bonchev–Trinajstić information content (AvgIpc) is 3.44. The van der Waals surface area contributed by atoms with Gasteiger partial charge in [-0.2, -0.15) is 5.26 Å². The Balaban J connectivity index is 1.33. The van der Waals surface area contributed by atoms with Gasteiger partial charge in [0.1, 0.15) is 17.5 Å². The Morgan fingerprint density at radius 1 is 1.05 bits per heavy atom. The molecule has 0 radical (unpaired) electrons. The summed E-state index contributed by atoms with van der Waals surface area (Å²) in [4.78, 5) is 37.1. The van der Waals surface area contributed by atoms with E-state index in [9.17, 15) is 9.59 Å². The van der Waals surface area contributed by atoms with E-state index in [2.05, 4.69) is 39.2 Å². The van der Waals surface area contributed by atoms with E-state index in [-0.39, 0.29) is 11.8 Å². The second kappa shape index (κ2) is 10.9. The summed E-state index contributed by atoms with van der Waals surface area (Å²) in [6.07, 6.45) is 7.21. The lowest BCUT2D eigenvalue weighted by atomic mass is 9.88. The first-order valence-electron chi connectivity index (χ1n) is 13.0. The molecular weight excluding hydrogens is 464 g/mol. The predicted molar refractivity (Wildman–Crippen MR) is 143 cm³/mol. The fraction of sp³-hybridized carbons (Fsp3) is 0.379. The van der Waals surface area contributed by atoms with Crippen LogP contribution in [-0.2, 0) is 0 Å². The Morgan fingerprint density at radius 3 is 2.51 bits per heavy atom. The summed E-state index contributed by atoms with van der Waals surface area (Å²) < 4.78 is 0. The maximum absolute atomic E-state index is 12.9. The van der Waals surface area contributed by atoms with Crippen molar-refractivity contribution in [2.75, 3.05) is 36.4 Å². The molecule has 0 unspecified atom stereocenters. The summed E-state index contributed by atoms with van der Waals surface area (Å²) in [5.41, 5.74) is 4.34. The van der Waals surface area contributed by atoms with Crippen LogP contribution in [0.4, 0.5) is 11.4 Å². The van der Waals surface area contributed by atoms with Gasteiger partial charge in [0.2, 0.25) is 0 Å². The highest BCUT2D eigenvalue weighted by Crippen LogP contribution is 2.36. The molecule has 3 aromatic rings. The number of aromatic amines is 1. The van der Waals surface area contributed by atoms with Gasteiger partial charge in [0.15, 0.2) is 0 Å². The predicted octanol–water partition coefficient (Wildman–Crippen LogP) is 4.79. The van der Waals surface area contributed by atoms with Crippen molar-refractivity contribution >= 4 is 23.2 Å². The number of anilines is 2. The van der Waals surface area contributed by atoms with Gasteiger partial charge in [-0.25, -0.2) is 0 Å². The Morgan fingerprint density at radius 2 is 1.84 bits per heavy atom. The fourth-order valence-electron chi connectivity index (χ4n) is 5.27. The number of H-pyrrole nitrogens is 1. The van der Waals surface area contributed by atoms with Crippen LogP contribution in [0.5, 0.6) is 0 Å². The zero-order valence-corrected chi connectivity index (χ0v) is 21.1. The lowest BCUT2D eigenvalue weighted by molar-refractivity contribution is 0.0707. The number of likely N-dealkylation sites (tertiary alicyclic amines) is 1. The van der Waals surface area contributed by atoms with Gasteiger partial charge in [-0.1, -0.05) is 19.1 Å². The first kappa shape index (κ1) is 24.6. The largest absolute Gasteiger partial charge is 0.370 e. The van der Waals surface area contributed by atoms with Crippen LogP contribution in [0.1, 0.15) is 70.6 Å². The second-order valence-corrected chi connectivity index (χ2v) is 10.1. The molecule has 4 heterocycles. The Kier molecular flexibility index (Phi) is 7.22. The van der Waals surface area contributed by atoms with Crippen LogP contribution in [0, 0.1) is 17.2 Å². The van der Waals surface area contributed by atoms with Crippen molar-refractivity contribution in [2.45, 2.75) is 38.5 Å². The molecule has 190 valence electrons. The van der Waals surface area contributed by atoms with Crippen LogP contribution >= 0.6 is 0 Å². The highest BCUT2D eigenvalue weighted by atomic mass is 16.2. The molecule has 2 saturated heterocycles. The summed E-state index contributed by atoms with van der Waals surface area (Å²) in [6.45, 7) is 5.58. The third-order valence-corrected chi connectivity index (χ3v) is 7.59. The number of nitriles is 1. The molecule has 8 nitrogen and oxygen atoms in total. The van der Waals surface area contributed by atoms with Crippen LogP contribution in [0.15, 0.2) is 54.9 Å². The highest BCUT2D eigenvalue weighted by Gasteiger charge is 2.27. The Hall–Kier alpha value is -4.12. The second-order valence-electron chi connectivity index (χ2n) is 10.1. The quantitative estimate of drug-likeness (QED) is 0.528. The maximum Gasteiger partial charge on any atom is 0.272 e. The van der Waals surface area contributed by atoms with Gasteiger partial charge in [0.05, 0.1) is 16.9 Å². The number of benzene rings is 1. The molecule has 0 saturated carbocycles. The first-order chi connectivity index (χ1) is 18.0. The lowest BCUT2D eigenvalue weighted by Gasteiger charge is -2.35. The van der Waals surface area contributed by atoms with E-state index in [1.54, 1.807) is 18.3 Å². The number of pyridine rings is 1. The topological polar surface area (TPSA) is 105 Å². The SMILES string of the molecule is CC1CCN(c2cc(C3CCN(C(=O)c4ccccn4)CC3)ccc2NC(=O)c2cc(C#N)c[nH]2)CC1. The number of piperidine rings is 2. The van der Waals surface area contributed by atoms with E-state index in [4.69, 9.17) is 5.26 Å². The van der Waals surface area contributed by atoms with Crippen LogP contribution in [-0.4, -0.2) is 52.9 Å². The Labute approximate surface area is 217 Å². The van der Waals surface area contributed by atoms with Crippen molar-refractivity contribution in [1.82, 2.24) is 14.9 Å². The Bertz CT molecular complexity index is 1300. The lowest BCUT2D eigenvalue weighted by Crippen LogP contribution is -2.38. The zero-order chi connectivity index (χ0) is 25.8. The van der Waals surface area contributed by atoms with Gasteiger partial charge in [-0.3, -0.25) is 14.6 Å². The monoisotopic (exact) mass is 496 g/mol. The number of hydrogen-bond donors (Lipinski definition) is 2. The van der Waals surface area contributed by atoms with Crippen molar-refractivity contribution in [3.8, 4) is 6.07 Å². The summed E-state index contributed by atoms with van der Waals surface area (Å²) in [7, 11) is 0. The summed E-state index contributed by atoms with van der Waals surface area (Å²) >= 11 is 0. The summed E-state index contributed by atoms with van der Waals surface area (Å²) in [5, 5.41) is 12.1. The number of amides is 2. The molecule has 0 aliphatic carbocycles. The maximum atomic E-state index is 12.9. The third kappa shape index (κ3) is 5.51. The highest BCUT2D eigenvalue weighted by molar-refractivity contribution is 6.05. The average molecular weight is 497 g/mol. The molecule has 37 heavy (non-hydrogen) atoms. The van der Waals surface area contributed by atoms with E-state index in [0.717, 1.165) is 50.1 Å². The molecule has 5 rings (SSSR count). The number of nitrogens with zero attached hydrogens (tertiary/aromatic N) is 4. The molecule has 2 aromatic heterocycles. The smallest absolute Gasteiger partial charge is 0.272 e. The number of hydrogen-bond acceptors (Lipinski definition) is 5. The first-order valence-corrected chi connectivity index (χ1v) is 13.0. The molecule has 2 aliphatic heterocycles. The van der Waals surface area contributed by atoms with Crippen molar-refractivity contribution in [2.24, 2.45) is 5.92 Å². The van der Waals surface area contributed by atoms with Gasteiger partial charge in [-0.15, -0.1) is 0 Å². The zero-order valence-electron chi connectivity index (χ0n) is 21.1. The molecule has 2 amide bonds. The molecule has 0 spiro atoms. The number of carbonyl (C=O) groups is 2. The van der Waals surface area contributed by atoms with E-state index in [1.165, 1.54) is 11.8 Å². The minimum Gasteiger partial charge on any atom is -0.370 e. The van der Waals surface area contributed by atoms with Crippen molar-refractivity contribution < 1.29 is 9.59 Å². The fourth-order valence-corrected chi connectivity index (χ4v) is 5.27. The standard InChI is InChI=1S/C29H32N6O2/c1-20-7-12-34(13-8-20)27-17-23(5-6-24(27)33-28(36)26-16-21(18-30)19-32-26)22-9-14-35(15-10-22)29(37)25-4-2-3-11-31-25/h2-6,11,16-17,19-20,22,32H,7-10,12-15H2,1H3,(H,33,36). The molecule has 2 N–H and O–H groups in total. The van der Waals surface area contributed by atoms with Crippen LogP contribution in [0.25, 0.3) is 0 Å². The van der Waals surface area contributed by atoms with E-state index >= 15 is 0 Å². The number of nitrogens with one attached hydrogen (secondary N) is 2. The summed E-state index contributed by atoms with van der Waals surface area (Å²) in [6, 6.07) is 15.4. The van der Waals surface area contributed by atoms with Crippen molar-refractivity contribution in [1.29, 1.82) is 5.26 Å². The molecule has 0 bridgehead atoms. The van der Waals surface area contributed by atoms with Gasteiger partial charge in [0, 0.05) is 38.6 Å². The van der Waals surface area contributed by atoms with Gasteiger partial charge in [0.25, 0.3) is 11.8 Å². The van der Waals surface area contributed by atoms with Crippen molar-refractivity contribution in [3.05, 3.63) is 77.4 Å². The molecule has 2 aliphatic rings. The van der Waals surface area contributed by atoms with E-state index in [1.807, 2.05) is 29.2 Å². The molecule has 0 atom stereocenters. The van der Waals surface area contributed by atoms with Gasteiger partial charge >= 0.3 is 0 Å². The molecule has 1 aromatic carbocycles. The number of aromatic nitrogens is 2. The van der Waals surface area contributed by atoms with Gasteiger partial charge in [-0.05, 0) is 73.4 Å². The van der Waals surface area contributed by atoms with Crippen LogP contribution < -0.4 is 10.2 Å². The molecule has 2 fully saturated rings. The molecule has 8 heteroatoms.